The fourth-order valence-corrected chi connectivity index (χ4v) is 2.01. The van der Waals surface area contributed by atoms with Crippen molar-refractivity contribution in [1.29, 1.82) is 0 Å². The Hall–Kier alpha value is -1.36. The third-order valence-corrected chi connectivity index (χ3v) is 2.77. The molecule has 108 valence electrons. The number of carbonyl (C=O) groups excluding carboxylic acids is 1. The number of aryl methyl sites for hydroxylation is 2. The van der Waals surface area contributed by atoms with Gasteiger partial charge in [0.25, 0.3) is 0 Å². The standard InChI is InChI=1S/C14H25N3O2/c1-11-8-15-17(9-11)6-5-13(19)16-12(10-18)7-14(2,3)4/h8-9,12,18H,5-7,10H2,1-4H3,(H,16,19). The highest BCUT2D eigenvalue weighted by atomic mass is 16.3. The molecule has 5 nitrogen and oxygen atoms in total. The van der Waals surface area contributed by atoms with E-state index in [2.05, 4.69) is 31.2 Å². The van der Waals surface area contributed by atoms with Gasteiger partial charge in [0.2, 0.25) is 5.91 Å². The van der Waals surface area contributed by atoms with Crippen LogP contribution in [0.5, 0.6) is 0 Å². The Morgan fingerprint density at radius 2 is 2.21 bits per heavy atom. The SMILES string of the molecule is Cc1cnn(CCC(=O)NC(CO)CC(C)(C)C)c1. The second-order valence-electron chi connectivity index (χ2n) is 6.24. The predicted octanol–water partition coefficient (Wildman–Crippen LogP) is 1.49. The molecule has 1 amide bonds. The molecule has 1 atom stereocenters. The first-order valence-electron chi connectivity index (χ1n) is 6.69. The van der Waals surface area contributed by atoms with E-state index in [1.54, 1.807) is 10.9 Å². The summed E-state index contributed by atoms with van der Waals surface area (Å²) in [7, 11) is 0. The van der Waals surface area contributed by atoms with Gasteiger partial charge >= 0.3 is 0 Å². The normalized spacial score (nSPS) is 13.3. The van der Waals surface area contributed by atoms with Gasteiger partial charge in [-0.3, -0.25) is 9.48 Å². The first kappa shape index (κ1) is 15.7. The van der Waals surface area contributed by atoms with Crippen LogP contribution in [0.2, 0.25) is 0 Å². The molecule has 0 aliphatic carbocycles. The second-order valence-corrected chi connectivity index (χ2v) is 6.24. The molecule has 0 bridgehead atoms. The summed E-state index contributed by atoms with van der Waals surface area (Å²) in [5, 5.41) is 16.3. The molecule has 0 aliphatic heterocycles. The van der Waals surface area contributed by atoms with Crippen molar-refractivity contribution < 1.29 is 9.90 Å². The number of hydrogen-bond acceptors (Lipinski definition) is 3. The number of amides is 1. The smallest absolute Gasteiger partial charge is 0.222 e. The van der Waals surface area contributed by atoms with Crippen LogP contribution in [0.25, 0.3) is 0 Å². The van der Waals surface area contributed by atoms with Crippen LogP contribution in [0.15, 0.2) is 12.4 Å². The van der Waals surface area contributed by atoms with Gasteiger partial charge in [0.05, 0.1) is 18.8 Å². The summed E-state index contributed by atoms with van der Waals surface area (Å²) in [6.07, 6.45) is 4.82. The molecular weight excluding hydrogens is 242 g/mol. The lowest BCUT2D eigenvalue weighted by Crippen LogP contribution is -2.40. The summed E-state index contributed by atoms with van der Waals surface area (Å²) in [6.45, 7) is 8.78. The molecule has 1 heterocycles. The number of aliphatic hydroxyl groups excluding tert-OH is 1. The summed E-state index contributed by atoms with van der Waals surface area (Å²) in [4.78, 5) is 11.8. The Labute approximate surface area is 115 Å². The summed E-state index contributed by atoms with van der Waals surface area (Å²) >= 11 is 0. The van der Waals surface area contributed by atoms with Crippen molar-refractivity contribution in [2.45, 2.75) is 53.1 Å². The molecule has 0 spiro atoms. The van der Waals surface area contributed by atoms with Gasteiger partial charge in [-0.2, -0.15) is 5.10 Å². The highest BCUT2D eigenvalue weighted by Gasteiger charge is 2.19. The quantitative estimate of drug-likeness (QED) is 0.820. The molecule has 1 unspecified atom stereocenters. The maximum Gasteiger partial charge on any atom is 0.222 e. The van der Waals surface area contributed by atoms with Crippen LogP contribution in [0.3, 0.4) is 0 Å². The number of hydrogen-bond donors (Lipinski definition) is 2. The van der Waals surface area contributed by atoms with Gasteiger partial charge < -0.3 is 10.4 Å². The van der Waals surface area contributed by atoms with Crippen molar-refractivity contribution in [2.24, 2.45) is 5.41 Å². The number of aromatic nitrogens is 2. The Morgan fingerprint density at radius 1 is 1.53 bits per heavy atom. The maximum atomic E-state index is 11.8. The number of rotatable bonds is 6. The first-order chi connectivity index (χ1) is 8.80. The van der Waals surface area contributed by atoms with Crippen molar-refractivity contribution >= 4 is 5.91 Å². The van der Waals surface area contributed by atoms with Crippen LogP contribution < -0.4 is 5.32 Å². The van der Waals surface area contributed by atoms with Gasteiger partial charge in [0.15, 0.2) is 0 Å². The molecule has 19 heavy (non-hydrogen) atoms. The van der Waals surface area contributed by atoms with Crippen molar-refractivity contribution in [1.82, 2.24) is 15.1 Å². The van der Waals surface area contributed by atoms with Gasteiger partial charge in [-0.1, -0.05) is 20.8 Å². The Morgan fingerprint density at radius 3 is 2.68 bits per heavy atom. The molecule has 0 fully saturated rings. The largest absolute Gasteiger partial charge is 0.394 e. The van der Waals surface area contributed by atoms with E-state index in [1.165, 1.54) is 0 Å². The number of nitrogens with one attached hydrogen (secondary N) is 1. The van der Waals surface area contributed by atoms with Crippen LogP contribution >= 0.6 is 0 Å². The van der Waals surface area contributed by atoms with Gasteiger partial charge in [0, 0.05) is 19.2 Å². The molecule has 2 N–H and O–H groups in total. The molecule has 0 aliphatic rings. The Balaban J connectivity index is 2.37. The van der Waals surface area contributed by atoms with Crippen molar-refractivity contribution in [3.63, 3.8) is 0 Å². The Bertz CT molecular complexity index is 407. The third kappa shape index (κ3) is 6.38. The van der Waals surface area contributed by atoms with Crippen LogP contribution in [0.4, 0.5) is 0 Å². The second kappa shape index (κ2) is 6.70. The molecule has 0 aromatic carbocycles. The minimum Gasteiger partial charge on any atom is -0.394 e. The van der Waals surface area contributed by atoms with Crippen molar-refractivity contribution in [2.75, 3.05) is 6.61 Å². The Kier molecular flexibility index (Phi) is 5.54. The van der Waals surface area contributed by atoms with Crippen LogP contribution in [-0.2, 0) is 11.3 Å². The summed E-state index contributed by atoms with van der Waals surface area (Å²) < 4.78 is 1.76. The molecule has 1 aromatic rings. The number of nitrogens with zero attached hydrogens (tertiary/aromatic N) is 2. The number of carbonyl (C=O) groups is 1. The molecule has 0 radical (unpaired) electrons. The lowest BCUT2D eigenvalue weighted by Gasteiger charge is -2.25. The van der Waals surface area contributed by atoms with Crippen LogP contribution in [-0.4, -0.2) is 33.4 Å². The van der Waals surface area contributed by atoms with E-state index >= 15 is 0 Å². The molecular formula is C14H25N3O2. The van der Waals surface area contributed by atoms with E-state index in [9.17, 15) is 9.90 Å². The van der Waals surface area contributed by atoms with Crippen molar-refractivity contribution in [3.8, 4) is 0 Å². The number of aliphatic hydroxyl groups is 1. The average molecular weight is 267 g/mol. The fourth-order valence-electron chi connectivity index (χ4n) is 2.01. The molecule has 5 heteroatoms. The lowest BCUT2D eigenvalue weighted by atomic mass is 9.88. The molecule has 1 aromatic heterocycles. The van der Waals surface area contributed by atoms with E-state index < -0.39 is 0 Å². The summed E-state index contributed by atoms with van der Waals surface area (Å²) in [6, 6.07) is -0.174. The summed E-state index contributed by atoms with van der Waals surface area (Å²) in [5.74, 6) is -0.0450. The van der Waals surface area contributed by atoms with E-state index in [-0.39, 0.29) is 24.0 Å². The maximum absolute atomic E-state index is 11.8. The van der Waals surface area contributed by atoms with E-state index in [0.29, 0.717) is 13.0 Å². The van der Waals surface area contributed by atoms with Crippen LogP contribution in [0, 0.1) is 12.3 Å². The zero-order chi connectivity index (χ0) is 14.5. The topological polar surface area (TPSA) is 67.2 Å². The monoisotopic (exact) mass is 267 g/mol. The van der Waals surface area contributed by atoms with Gasteiger partial charge in [-0.05, 0) is 24.3 Å². The highest BCUT2D eigenvalue weighted by Crippen LogP contribution is 2.20. The molecule has 0 saturated heterocycles. The lowest BCUT2D eigenvalue weighted by molar-refractivity contribution is -0.122. The summed E-state index contributed by atoms with van der Waals surface area (Å²) in [5.41, 5.74) is 1.17. The fraction of sp³-hybridized carbons (Fsp3) is 0.714. The zero-order valence-corrected chi connectivity index (χ0v) is 12.3. The van der Waals surface area contributed by atoms with E-state index in [0.717, 1.165) is 12.0 Å². The zero-order valence-electron chi connectivity index (χ0n) is 12.3. The first-order valence-corrected chi connectivity index (χ1v) is 6.69. The van der Waals surface area contributed by atoms with E-state index in [4.69, 9.17) is 0 Å². The highest BCUT2D eigenvalue weighted by molar-refractivity contribution is 5.76. The third-order valence-electron chi connectivity index (χ3n) is 2.77. The van der Waals surface area contributed by atoms with Crippen molar-refractivity contribution in [3.05, 3.63) is 18.0 Å². The predicted molar refractivity (Wildman–Crippen MR) is 74.7 cm³/mol. The van der Waals surface area contributed by atoms with E-state index in [1.807, 2.05) is 13.1 Å². The van der Waals surface area contributed by atoms with Gasteiger partial charge in [-0.15, -0.1) is 0 Å². The molecule has 0 saturated carbocycles. The minimum atomic E-state index is -0.174. The minimum absolute atomic E-state index is 0.0239. The molecule has 1 rings (SSSR count). The average Bonchev–Trinajstić information content (AvgIpc) is 2.70. The van der Waals surface area contributed by atoms with Crippen LogP contribution in [0.1, 0.15) is 39.2 Å². The van der Waals surface area contributed by atoms with Gasteiger partial charge in [0.1, 0.15) is 0 Å². The van der Waals surface area contributed by atoms with Gasteiger partial charge in [-0.25, -0.2) is 0 Å².